The van der Waals surface area contributed by atoms with Crippen LogP contribution in [0, 0.1) is 5.92 Å². The molecule has 1 saturated heterocycles. The van der Waals surface area contributed by atoms with E-state index in [0.29, 0.717) is 36.7 Å². The quantitative estimate of drug-likeness (QED) is 0.720. The highest BCUT2D eigenvalue weighted by Crippen LogP contribution is 2.31. The third-order valence-corrected chi connectivity index (χ3v) is 4.98. The Bertz CT molecular complexity index is 804. The van der Waals surface area contributed by atoms with E-state index in [9.17, 15) is 9.59 Å². The van der Waals surface area contributed by atoms with Crippen LogP contribution in [0.4, 0.5) is 10.6 Å². The number of pyridine rings is 2. The topological polar surface area (TPSA) is 66.4 Å². The summed E-state index contributed by atoms with van der Waals surface area (Å²) in [5.41, 5.74) is 1.65. The molecule has 2 aromatic heterocycles. The average molecular weight is 350 g/mol. The van der Waals surface area contributed by atoms with E-state index in [-0.39, 0.29) is 11.8 Å². The third kappa shape index (κ3) is 3.74. The highest BCUT2D eigenvalue weighted by atomic mass is 16.2. The Balaban J connectivity index is 1.41. The number of carbonyl (C=O) groups excluding carboxylic acids is 2. The molecule has 134 valence electrons. The van der Waals surface area contributed by atoms with Crippen LogP contribution in [-0.2, 0) is 6.42 Å². The van der Waals surface area contributed by atoms with Crippen LogP contribution in [0.5, 0.6) is 0 Å². The van der Waals surface area contributed by atoms with Gasteiger partial charge in [-0.05, 0) is 48.9 Å². The fourth-order valence-electron chi connectivity index (χ4n) is 3.26. The molecule has 3 heterocycles. The maximum absolute atomic E-state index is 12.6. The van der Waals surface area contributed by atoms with Crippen molar-refractivity contribution in [3.8, 4) is 0 Å². The molecular weight excluding hydrogens is 328 g/mol. The summed E-state index contributed by atoms with van der Waals surface area (Å²) in [5.74, 6) is 1.30. The van der Waals surface area contributed by atoms with Crippen molar-refractivity contribution in [3.05, 3.63) is 54.0 Å². The van der Waals surface area contributed by atoms with E-state index < -0.39 is 0 Å². The van der Waals surface area contributed by atoms with Gasteiger partial charge in [-0.15, -0.1) is 0 Å². The van der Waals surface area contributed by atoms with Crippen LogP contribution in [0.3, 0.4) is 0 Å². The van der Waals surface area contributed by atoms with Crippen molar-refractivity contribution in [2.45, 2.75) is 25.7 Å². The molecule has 6 nitrogen and oxygen atoms in total. The number of nitrogens with zero attached hydrogens (tertiary/aromatic N) is 4. The molecule has 2 fully saturated rings. The first kappa shape index (κ1) is 16.7. The minimum absolute atomic E-state index is 0.00404. The largest absolute Gasteiger partial charge is 0.325 e. The maximum atomic E-state index is 12.6. The summed E-state index contributed by atoms with van der Waals surface area (Å²) in [4.78, 5) is 37.1. The Morgan fingerprint density at radius 3 is 2.85 bits per heavy atom. The summed E-state index contributed by atoms with van der Waals surface area (Å²) < 4.78 is 0. The number of hydrogen-bond donors (Lipinski definition) is 0. The van der Waals surface area contributed by atoms with Gasteiger partial charge in [0.05, 0.1) is 0 Å². The molecule has 2 aromatic rings. The number of carbonyl (C=O) groups is 2. The minimum atomic E-state index is 0.00404. The van der Waals surface area contributed by atoms with Gasteiger partial charge in [-0.1, -0.05) is 6.07 Å². The highest BCUT2D eigenvalue weighted by molar-refractivity contribution is 5.98. The zero-order valence-corrected chi connectivity index (χ0v) is 14.7. The lowest BCUT2D eigenvalue weighted by Gasteiger charge is -2.18. The van der Waals surface area contributed by atoms with Crippen molar-refractivity contribution >= 4 is 17.6 Å². The second-order valence-corrected chi connectivity index (χ2v) is 7.01. The van der Waals surface area contributed by atoms with Gasteiger partial charge in [0.1, 0.15) is 5.82 Å². The maximum Gasteiger partial charge on any atom is 0.325 e. The van der Waals surface area contributed by atoms with Crippen LogP contribution in [0.25, 0.3) is 0 Å². The van der Waals surface area contributed by atoms with Crippen LogP contribution in [0.15, 0.2) is 42.9 Å². The highest BCUT2D eigenvalue weighted by Gasteiger charge is 2.34. The fourth-order valence-corrected chi connectivity index (χ4v) is 3.26. The van der Waals surface area contributed by atoms with Crippen molar-refractivity contribution in [2.24, 2.45) is 5.92 Å². The Morgan fingerprint density at radius 2 is 2.08 bits per heavy atom. The second-order valence-electron chi connectivity index (χ2n) is 7.01. The molecule has 26 heavy (non-hydrogen) atoms. The molecule has 1 saturated carbocycles. The van der Waals surface area contributed by atoms with E-state index in [0.717, 1.165) is 18.7 Å². The van der Waals surface area contributed by atoms with Crippen LogP contribution in [0.1, 0.15) is 35.2 Å². The predicted octanol–water partition coefficient (Wildman–Crippen LogP) is 2.94. The van der Waals surface area contributed by atoms with Crippen LogP contribution in [0.2, 0.25) is 0 Å². The van der Waals surface area contributed by atoms with E-state index >= 15 is 0 Å². The first-order chi connectivity index (χ1) is 12.7. The first-order valence-electron chi connectivity index (χ1n) is 9.15. The number of amides is 2. The summed E-state index contributed by atoms with van der Waals surface area (Å²) in [6.45, 7) is 2.21. The normalized spacial score (nSPS) is 17.0. The van der Waals surface area contributed by atoms with E-state index in [1.807, 2.05) is 17.0 Å². The lowest BCUT2D eigenvalue weighted by atomic mass is 10.0. The lowest BCUT2D eigenvalue weighted by molar-refractivity contribution is 0.0982. The molecule has 1 aliphatic heterocycles. The zero-order chi connectivity index (χ0) is 17.9. The lowest BCUT2D eigenvalue weighted by Crippen LogP contribution is -2.33. The van der Waals surface area contributed by atoms with Gasteiger partial charge in [0.15, 0.2) is 5.78 Å². The first-order valence-corrected chi connectivity index (χ1v) is 9.15. The van der Waals surface area contributed by atoms with Crippen molar-refractivity contribution in [1.29, 1.82) is 0 Å². The predicted molar refractivity (Wildman–Crippen MR) is 98.2 cm³/mol. The summed E-state index contributed by atoms with van der Waals surface area (Å²) in [5, 5.41) is 0. The minimum Gasteiger partial charge on any atom is -0.322 e. The molecule has 6 heteroatoms. The number of aromatic nitrogens is 2. The number of hydrogen-bond acceptors (Lipinski definition) is 4. The van der Waals surface area contributed by atoms with E-state index in [1.54, 1.807) is 35.6 Å². The molecular formula is C20H22N4O2. The van der Waals surface area contributed by atoms with Gasteiger partial charge in [0.2, 0.25) is 0 Å². The van der Waals surface area contributed by atoms with E-state index in [4.69, 9.17) is 0 Å². The van der Waals surface area contributed by atoms with Crippen LogP contribution in [-0.4, -0.2) is 46.3 Å². The monoisotopic (exact) mass is 350 g/mol. The van der Waals surface area contributed by atoms with Crippen molar-refractivity contribution in [1.82, 2.24) is 14.9 Å². The Morgan fingerprint density at radius 1 is 1.19 bits per heavy atom. The molecule has 0 unspecified atom stereocenters. The number of aryl methyl sites for hydroxylation is 1. The third-order valence-electron chi connectivity index (χ3n) is 4.98. The molecule has 0 atom stereocenters. The molecule has 4 rings (SSSR count). The molecule has 0 aromatic carbocycles. The number of ketones is 1. The fraction of sp³-hybridized carbons (Fsp3) is 0.400. The van der Waals surface area contributed by atoms with Gasteiger partial charge in [-0.2, -0.15) is 0 Å². The summed E-state index contributed by atoms with van der Waals surface area (Å²) in [6.07, 6.45) is 8.64. The second kappa shape index (κ2) is 7.23. The Kier molecular flexibility index (Phi) is 4.65. The van der Waals surface area contributed by atoms with Gasteiger partial charge in [-0.25, -0.2) is 9.78 Å². The molecule has 1 aliphatic carbocycles. The molecule has 2 aliphatic rings. The summed E-state index contributed by atoms with van der Waals surface area (Å²) >= 11 is 0. The van der Waals surface area contributed by atoms with Crippen LogP contribution < -0.4 is 4.90 Å². The van der Waals surface area contributed by atoms with E-state index in [1.165, 1.54) is 12.8 Å². The zero-order valence-electron chi connectivity index (χ0n) is 14.7. The number of rotatable bonds is 7. The molecule has 0 bridgehead atoms. The number of Topliss-reactive ketones (excluding diaryl/α,β-unsaturated/α-hetero) is 1. The van der Waals surface area contributed by atoms with Gasteiger partial charge >= 0.3 is 6.03 Å². The standard InChI is InChI=1S/C20H22N4O2/c25-18(6-5-15-2-1-8-21-13-15)17-7-9-22-19(12-17)24-11-10-23(20(24)26)14-16-3-4-16/h1-2,7-9,12-13,16H,3-6,10-11,14H2. The SMILES string of the molecule is O=C(CCc1cccnc1)c1ccnc(N2CCN(CC3CC3)C2=O)c1. The summed E-state index contributed by atoms with van der Waals surface area (Å²) in [7, 11) is 0. The van der Waals surface area contributed by atoms with Crippen molar-refractivity contribution in [2.75, 3.05) is 24.5 Å². The number of anilines is 1. The van der Waals surface area contributed by atoms with Crippen molar-refractivity contribution < 1.29 is 9.59 Å². The Labute approximate surface area is 152 Å². The molecule has 0 radical (unpaired) electrons. The number of urea groups is 1. The van der Waals surface area contributed by atoms with Gasteiger partial charge < -0.3 is 4.90 Å². The van der Waals surface area contributed by atoms with E-state index in [2.05, 4.69) is 9.97 Å². The van der Waals surface area contributed by atoms with Gasteiger partial charge in [0, 0.05) is 50.2 Å². The van der Waals surface area contributed by atoms with Gasteiger partial charge in [-0.3, -0.25) is 14.7 Å². The van der Waals surface area contributed by atoms with Crippen LogP contribution >= 0.6 is 0 Å². The van der Waals surface area contributed by atoms with Gasteiger partial charge in [0.25, 0.3) is 0 Å². The van der Waals surface area contributed by atoms with Crippen molar-refractivity contribution in [3.63, 3.8) is 0 Å². The average Bonchev–Trinajstić information content (AvgIpc) is 3.43. The smallest absolute Gasteiger partial charge is 0.322 e. The molecule has 0 N–H and O–H groups in total. The Hall–Kier alpha value is -2.76. The molecule has 2 amide bonds. The molecule has 0 spiro atoms. The summed E-state index contributed by atoms with van der Waals surface area (Å²) in [6, 6.07) is 7.30.